The molecule has 1 aliphatic heterocycles. The standard InChI is InChI=1S/C20H24ClF3N4O/c1-13(29)2-5-25-17-9-18(21)26-11-15(17)19-16(22)8-14(10-27-19)12-28-6-3-20(23,24)4-7-28/h8-11,13,29H,2-7,12H2,1H3,(H,25,26)/t13-/m1/s1. The van der Waals surface area contributed by atoms with E-state index >= 15 is 0 Å². The summed E-state index contributed by atoms with van der Waals surface area (Å²) in [5, 5.41) is 12.8. The fourth-order valence-corrected chi connectivity index (χ4v) is 3.40. The zero-order chi connectivity index (χ0) is 21.0. The first-order valence-electron chi connectivity index (χ1n) is 9.56. The first-order chi connectivity index (χ1) is 13.7. The maximum atomic E-state index is 14.8. The summed E-state index contributed by atoms with van der Waals surface area (Å²) in [5.41, 5.74) is 1.79. The van der Waals surface area contributed by atoms with Crippen LogP contribution in [0, 0.1) is 5.82 Å². The highest BCUT2D eigenvalue weighted by Crippen LogP contribution is 2.31. The van der Waals surface area contributed by atoms with Crippen LogP contribution in [-0.4, -0.2) is 51.6 Å². The summed E-state index contributed by atoms with van der Waals surface area (Å²) in [4.78, 5) is 10.1. The van der Waals surface area contributed by atoms with Gasteiger partial charge in [-0.3, -0.25) is 9.88 Å². The van der Waals surface area contributed by atoms with E-state index in [1.807, 2.05) is 4.90 Å². The molecule has 3 heterocycles. The lowest BCUT2D eigenvalue weighted by atomic mass is 10.1. The molecule has 2 aromatic heterocycles. The number of halogens is 4. The molecule has 9 heteroatoms. The average Bonchev–Trinajstić information content (AvgIpc) is 2.64. The van der Waals surface area contributed by atoms with Gasteiger partial charge in [0.1, 0.15) is 16.7 Å². The minimum atomic E-state index is -2.61. The van der Waals surface area contributed by atoms with Crippen molar-refractivity contribution in [3.05, 3.63) is 41.1 Å². The summed E-state index contributed by atoms with van der Waals surface area (Å²) in [5.74, 6) is -3.13. The number of aromatic nitrogens is 2. The molecule has 1 saturated heterocycles. The second kappa shape index (κ2) is 9.28. The van der Waals surface area contributed by atoms with Crippen molar-refractivity contribution in [1.29, 1.82) is 0 Å². The van der Waals surface area contributed by atoms with Crippen LogP contribution in [0.2, 0.25) is 5.15 Å². The van der Waals surface area contributed by atoms with E-state index in [0.29, 0.717) is 36.3 Å². The monoisotopic (exact) mass is 428 g/mol. The number of aliphatic hydroxyl groups is 1. The van der Waals surface area contributed by atoms with Gasteiger partial charge in [0.05, 0.1) is 6.10 Å². The molecule has 5 nitrogen and oxygen atoms in total. The van der Waals surface area contributed by atoms with Crippen LogP contribution < -0.4 is 5.32 Å². The van der Waals surface area contributed by atoms with Gasteiger partial charge in [-0.2, -0.15) is 0 Å². The molecule has 0 amide bonds. The molecule has 2 aromatic rings. The molecule has 1 atom stereocenters. The summed E-state index contributed by atoms with van der Waals surface area (Å²) in [6.45, 7) is 3.08. The van der Waals surface area contributed by atoms with Crippen LogP contribution in [0.3, 0.4) is 0 Å². The van der Waals surface area contributed by atoms with Gasteiger partial charge in [-0.05, 0) is 31.0 Å². The molecular formula is C20H24ClF3N4O. The molecule has 0 aliphatic carbocycles. The van der Waals surface area contributed by atoms with Crippen molar-refractivity contribution in [2.24, 2.45) is 0 Å². The molecule has 0 bridgehead atoms. The number of piperidine rings is 1. The molecule has 1 aliphatic rings. The Morgan fingerprint density at radius 2 is 1.97 bits per heavy atom. The SMILES string of the molecule is C[C@@H](O)CCNc1cc(Cl)ncc1-c1ncc(CN2CCC(F)(F)CC2)cc1F. The largest absolute Gasteiger partial charge is 0.393 e. The Morgan fingerprint density at radius 1 is 1.24 bits per heavy atom. The average molecular weight is 429 g/mol. The van der Waals surface area contributed by atoms with Gasteiger partial charge in [0, 0.05) is 62.7 Å². The smallest absolute Gasteiger partial charge is 0.250 e. The second-order valence-corrected chi connectivity index (χ2v) is 7.81. The normalized spacial score (nSPS) is 17.9. The summed E-state index contributed by atoms with van der Waals surface area (Å²) < 4.78 is 41.4. The Morgan fingerprint density at radius 3 is 2.62 bits per heavy atom. The van der Waals surface area contributed by atoms with Gasteiger partial charge >= 0.3 is 0 Å². The molecule has 0 spiro atoms. The van der Waals surface area contributed by atoms with Gasteiger partial charge in [0.15, 0.2) is 0 Å². The van der Waals surface area contributed by atoms with Gasteiger partial charge in [-0.15, -0.1) is 0 Å². The van der Waals surface area contributed by atoms with Crippen molar-refractivity contribution < 1.29 is 18.3 Å². The maximum Gasteiger partial charge on any atom is 0.250 e. The molecule has 158 valence electrons. The van der Waals surface area contributed by atoms with Gasteiger partial charge in [0.25, 0.3) is 5.92 Å². The summed E-state index contributed by atoms with van der Waals surface area (Å²) in [7, 11) is 0. The maximum absolute atomic E-state index is 14.8. The third-order valence-corrected chi connectivity index (χ3v) is 5.10. The number of anilines is 1. The van der Waals surface area contributed by atoms with Crippen molar-refractivity contribution in [3.63, 3.8) is 0 Å². The van der Waals surface area contributed by atoms with Gasteiger partial charge < -0.3 is 10.4 Å². The zero-order valence-corrected chi connectivity index (χ0v) is 16.9. The van der Waals surface area contributed by atoms with E-state index in [1.165, 1.54) is 12.3 Å². The topological polar surface area (TPSA) is 61.3 Å². The summed E-state index contributed by atoms with van der Waals surface area (Å²) in [6, 6.07) is 2.96. The fraction of sp³-hybridized carbons (Fsp3) is 0.500. The Balaban J connectivity index is 1.75. The second-order valence-electron chi connectivity index (χ2n) is 7.42. The highest BCUT2D eigenvalue weighted by Gasteiger charge is 2.33. The van der Waals surface area contributed by atoms with E-state index in [9.17, 15) is 18.3 Å². The molecule has 3 rings (SSSR count). The lowest BCUT2D eigenvalue weighted by Crippen LogP contribution is -2.38. The number of nitrogens with zero attached hydrogens (tertiary/aromatic N) is 3. The van der Waals surface area contributed by atoms with Crippen molar-refractivity contribution in [1.82, 2.24) is 14.9 Å². The Labute approximate surface area is 172 Å². The number of pyridine rings is 2. The third-order valence-electron chi connectivity index (χ3n) is 4.89. The van der Waals surface area contributed by atoms with Crippen molar-refractivity contribution in [3.8, 4) is 11.3 Å². The molecule has 0 unspecified atom stereocenters. The lowest BCUT2D eigenvalue weighted by Gasteiger charge is -2.31. The van der Waals surface area contributed by atoms with E-state index in [1.54, 1.807) is 19.2 Å². The van der Waals surface area contributed by atoms with Crippen LogP contribution >= 0.6 is 11.6 Å². The number of likely N-dealkylation sites (tertiary alicyclic amines) is 1. The van der Waals surface area contributed by atoms with E-state index in [0.717, 1.165) is 0 Å². The number of rotatable bonds is 7. The van der Waals surface area contributed by atoms with Crippen LogP contribution in [-0.2, 0) is 6.54 Å². The summed E-state index contributed by atoms with van der Waals surface area (Å²) in [6.07, 6.45) is 2.69. The summed E-state index contributed by atoms with van der Waals surface area (Å²) >= 11 is 5.97. The van der Waals surface area contributed by atoms with Crippen molar-refractivity contribution >= 4 is 17.3 Å². The zero-order valence-electron chi connectivity index (χ0n) is 16.1. The van der Waals surface area contributed by atoms with Crippen LogP contribution in [0.5, 0.6) is 0 Å². The van der Waals surface area contributed by atoms with E-state index < -0.39 is 17.8 Å². The van der Waals surface area contributed by atoms with Crippen LogP contribution in [0.25, 0.3) is 11.3 Å². The number of aliphatic hydroxyl groups excluding tert-OH is 1. The highest BCUT2D eigenvalue weighted by atomic mass is 35.5. The predicted octanol–water partition coefficient (Wildman–Crippen LogP) is 4.35. The Bertz CT molecular complexity index is 840. The minimum Gasteiger partial charge on any atom is -0.393 e. The number of hydrogen-bond donors (Lipinski definition) is 2. The molecule has 1 fully saturated rings. The Hall–Kier alpha value is -1.90. The van der Waals surface area contributed by atoms with Crippen molar-refractivity contribution in [2.45, 2.75) is 44.8 Å². The quantitative estimate of drug-likeness (QED) is 0.642. The molecule has 0 radical (unpaired) electrons. The lowest BCUT2D eigenvalue weighted by molar-refractivity contribution is -0.0566. The van der Waals surface area contributed by atoms with E-state index in [2.05, 4.69) is 15.3 Å². The molecule has 2 N–H and O–H groups in total. The third kappa shape index (κ3) is 6.04. The predicted molar refractivity (Wildman–Crippen MR) is 107 cm³/mol. The van der Waals surface area contributed by atoms with Crippen molar-refractivity contribution in [2.75, 3.05) is 25.0 Å². The Kier molecular flexibility index (Phi) is 6.97. The van der Waals surface area contributed by atoms with Gasteiger partial charge in [-0.25, -0.2) is 18.2 Å². The molecule has 0 aromatic carbocycles. The highest BCUT2D eigenvalue weighted by molar-refractivity contribution is 6.29. The van der Waals surface area contributed by atoms with E-state index in [4.69, 9.17) is 11.6 Å². The fourth-order valence-electron chi connectivity index (χ4n) is 3.24. The minimum absolute atomic E-state index is 0.127. The van der Waals surface area contributed by atoms with Gasteiger partial charge in [0.2, 0.25) is 0 Å². The first-order valence-corrected chi connectivity index (χ1v) is 9.94. The number of alkyl halides is 2. The molecule has 29 heavy (non-hydrogen) atoms. The number of nitrogens with one attached hydrogen (secondary N) is 1. The van der Waals surface area contributed by atoms with Gasteiger partial charge in [-0.1, -0.05) is 11.6 Å². The van der Waals surface area contributed by atoms with Crippen LogP contribution in [0.15, 0.2) is 24.5 Å². The number of hydrogen-bond acceptors (Lipinski definition) is 5. The van der Waals surface area contributed by atoms with Crippen LogP contribution in [0.1, 0.15) is 31.7 Å². The molecule has 0 saturated carbocycles. The molecular weight excluding hydrogens is 405 g/mol. The first kappa shape index (κ1) is 21.8. The van der Waals surface area contributed by atoms with Crippen LogP contribution in [0.4, 0.5) is 18.9 Å². The van der Waals surface area contributed by atoms with E-state index in [-0.39, 0.29) is 36.8 Å².